The molecule has 0 aliphatic carbocycles. The van der Waals surface area contributed by atoms with Gasteiger partial charge in [0.2, 0.25) is 0 Å². The van der Waals surface area contributed by atoms with Gasteiger partial charge in [0.25, 0.3) is 0 Å². The number of imidazole rings is 1. The van der Waals surface area contributed by atoms with E-state index in [9.17, 15) is 15.0 Å². The average Bonchev–Trinajstić information content (AvgIpc) is 3.47. The van der Waals surface area contributed by atoms with Crippen molar-refractivity contribution in [2.75, 3.05) is 5.32 Å². The normalized spacial score (nSPS) is 14.1. The molecule has 0 spiro atoms. The van der Waals surface area contributed by atoms with E-state index in [0.29, 0.717) is 40.6 Å². The molecule has 0 saturated carbocycles. The molecule has 3 N–H and O–H groups in total. The Bertz CT molecular complexity index is 1390. The summed E-state index contributed by atoms with van der Waals surface area (Å²) in [6.45, 7) is 5.91. The quantitative estimate of drug-likeness (QED) is 0.182. The van der Waals surface area contributed by atoms with Gasteiger partial charge in [-0.15, -0.1) is 0 Å². The minimum atomic E-state index is -1.45. The van der Waals surface area contributed by atoms with Gasteiger partial charge in [-0.05, 0) is 31.0 Å². The standard InChI is InChI=1S/C25H27Cl2N5O5/c1-13(2)18(10-33)23(34)25(35)32-12-29-22-19(8-21(27)30-24(22)32)28-9-15-7-16(26)4-5-20(15)36-11-17-6-14(3)31-37-17/h4-8,10,12-13,18,23,25,34-35H,9,11H2,1-3H3,(H,28,30)/t18?,23-,25-/m1/s1. The number of benzene rings is 1. The molecule has 0 fully saturated rings. The summed E-state index contributed by atoms with van der Waals surface area (Å²) in [4.78, 5) is 20.1. The number of hydrogen-bond acceptors (Lipinski definition) is 9. The number of aromatic nitrogens is 4. The van der Waals surface area contributed by atoms with Crippen LogP contribution >= 0.6 is 23.2 Å². The number of ether oxygens (including phenoxy) is 1. The molecule has 0 radical (unpaired) electrons. The Morgan fingerprint density at radius 1 is 1.22 bits per heavy atom. The number of carbonyl (C=O) groups is 1. The summed E-state index contributed by atoms with van der Waals surface area (Å²) in [5, 5.41) is 29.2. The van der Waals surface area contributed by atoms with Crippen LogP contribution in [0.3, 0.4) is 0 Å². The van der Waals surface area contributed by atoms with E-state index < -0.39 is 18.2 Å². The number of hydrogen-bond donors (Lipinski definition) is 3. The van der Waals surface area contributed by atoms with Crippen LogP contribution in [0.4, 0.5) is 5.69 Å². The lowest BCUT2D eigenvalue weighted by Crippen LogP contribution is -2.35. The largest absolute Gasteiger partial charge is 0.485 e. The maximum absolute atomic E-state index is 11.5. The van der Waals surface area contributed by atoms with Crippen LogP contribution in [0.1, 0.15) is 37.1 Å². The Labute approximate surface area is 223 Å². The Kier molecular flexibility index (Phi) is 8.33. The van der Waals surface area contributed by atoms with Gasteiger partial charge in [-0.25, -0.2) is 9.97 Å². The maximum Gasteiger partial charge on any atom is 0.174 e. The van der Waals surface area contributed by atoms with Crippen molar-refractivity contribution in [3.63, 3.8) is 0 Å². The van der Waals surface area contributed by atoms with Gasteiger partial charge in [-0.3, -0.25) is 4.57 Å². The first-order chi connectivity index (χ1) is 17.7. The molecule has 0 bridgehead atoms. The molecule has 196 valence electrons. The van der Waals surface area contributed by atoms with E-state index in [1.807, 2.05) is 6.92 Å². The molecule has 0 saturated heterocycles. The Morgan fingerprint density at radius 2 is 2.00 bits per heavy atom. The second kappa shape index (κ2) is 11.5. The highest BCUT2D eigenvalue weighted by molar-refractivity contribution is 6.30. The molecule has 4 aromatic rings. The van der Waals surface area contributed by atoms with Crippen molar-refractivity contribution >= 4 is 46.3 Å². The van der Waals surface area contributed by atoms with Crippen molar-refractivity contribution in [2.24, 2.45) is 11.8 Å². The van der Waals surface area contributed by atoms with E-state index in [1.54, 1.807) is 44.2 Å². The van der Waals surface area contributed by atoms with E-state index in [4.69, 9.17) is 32.5 Å². The molecule has 10 nitrogen and oxygen atoms in total. The number of fused-ring (bicyclic) bond motifs is 1. The molecular formula is C25H27Cl2N5O5. The van der Waals surface area contributed by atoms with Gasteiger partial charge in [0, 0.05) is 35.2 Å². The summed E-state index contributed by atoms with van der Waals surface area (Å²) in [6, 6.07) is 8.67. The van der Waals surface area contributed by atoms with E-state index in [2.05, 4.69) is 20.4 Å². The van der Waals surface area contributed by atoms with Gasteiger partial charge >= 0.3 is 0 Å². The zero-order valence-corrected chi connectivity index (χ0v) is 21.9. The minimum absolute atomic E-state index is 0.150. The molecule has 4 rings (SSSR count). The third kappa shape index (κ3) is 6.04. The summed E-state index contributed by atoms with van der Waals surface area (Å²) in [5.41, 5.74) is 2.74. The van der Waals surface area contributed by atoms with E-state index in [-0.39, 0.29) is 23.3 Å². The molecule has 1 aromatic carbocycles. The number of aliphatic hydroxyl groups is 2. The lowest BCUT2D eigenvalue weighted by atomic mass is 9.91. The molecule has 3 atom stereocenters. The van der Waals surface area contributed by atoms with Crippen molar-refractivity contribution in [3.8, 4) is 5.75 Å². The zero-order valence-electron chi connectivity index (χ0n) is 20.4. The Balaban J connectivity index is 1.57. The van der Waals surface area contributed by atoms with Gasteiger partial charge in [-0.2, -0.15) is 0 Å². The minimum Gasteiger partial charge on any atom is -0.485 e. The highest BCUT2D eigenvalue weighted by atomic mass is 35.5. The molecule has 0 aliphatic heterocycles. The number of aldehydes is 1. The third-order valence-corrected chi connectivity index (χ3v) is 6.38. The fourth-order valence-electron chi connectivity index (χ4n) is 3.95. The number of pyridine rings is 1. The summed E-state index contributed by atoms with van der Waals surface area (Å²) < 4.78 is 12.4. The van der Waals surface area contributed by atoms with Crippen molar-refractivity contribution in [3.05, 3.63) is 63.9 Å². The van der Waals surface area contributed by atoms with Gasteiger partial charge in [-0.1, -0.05) is 42.2 Å². The molecule has 1 unspecified atom stereocenters. The monoisotopic (exact) mass is 547 g/mol. The second-order valence-electron chi connectivity index (χ2n) is 9.01. The van der Waals surface area contributed by atoms with Gasteiger partial charge in [0.15, 0.2) is 17.6 Å². The van der Waals surface area contributed by atoms with Crippen LogP contribution in [0.2, 0.25) is 10.2 Å². The van der Waals surface area contributed by atoms with E-state index in [0.717, 1.165) is 11.3 Å². The summed E-state index contributed by atoms with van der Waals surface area (Å²) in [6.07, 6.45) is -0.817. The number of halogens is 2. The zero-order chi connectivity index (χ0) is 26.7. The van der Waals surface area contributed by atoms with Gasteiger partial charge in [0.1, 0.15) is 35.4 Å². The van der Waals surface area contributed by atoms with Crippen molar-refractivity contribution in [2.45, 2.75) is 46.3 Å². The van der Waals surface area contributed by atoms with Crippen molar-refractivity contribution in [1.29, 1.82) is 0 Å². The third-order valence-electron chi connectivity index (χ3n) is 5.95. The van der Waals surface area contributed by atoms with Crippen LogP contribution in [0.15, 0.2) is 41.2 Å². The smallest absolute Gasteiger partial charge is 0.174 e. The predicted octanol–water partition coefficient (Wildman–Crippen LogP) is 4.55. The molecular weight excluding hydrogens is 521 g/mol. The Hall–Kier alpha value is -3.18. The summed E-state index contributed by atoms with van der Waals surface area (Å²) in [7, 11) is 0. The first-order valence-electron chi connectivity index (χ1n) is 11.6. The van der Waals surface area contributed by atoms with Crippen LogP contribution in [0.5, 0.6) is 5.75 Å². The molecule has 3 heterocycles. The number of nitrogens with one attached hydrogen (secondary N) is 1. The number of carbonyl (C=O) groups excluding carboxylic acids is 1. The Morgan fingerprint density at radius 3 is 2.68 bits per heavy atom. The number of anilines is 1. The average molecular weight is 548 g/mol. The summed E-state index contributed by atoms with van der Waals surface area (Å²) in [5.74, 6) is 0.244. The van der Waals surface area contributed by atoms with Gasteiger partial charge in [0.05, 0.1) is 17.7 Å². The van der Waals surface area contributed by atoms with Crippen LogP contribution in [-0.4, -0.2) is 42.3 Å². The molecule has 3 aromatic heterocycles. The van der Waals surface area contributed by atoms with Crippen LogP contribution in [0.25, 0.3) is 11.2 Å². The fraction of sp³-hybridized carbons (Fsp3) is 0.360. The highest BCUT2D eigenvalue weighted by Gasteiger charge is 2.31. The van der Waals surface area contributed by atoms with Gasteiger partial charge < -0.3 is 29.6 Å². The first kappa shape index (κ1) is 26.9. The number of aryl methyl sites for hydroxylation is 1. The molecule has 0 amide bonds. The first-order valence-corrected chi connectivity index (χ1v) is 12.3. The van der Waals surface area contributed by atoms with Crippen LogP contribution < -0.4 is 10.1 Å². The number of rotatable bonds is 11. The molecule has 12 heteroatoms. The molecule has 0 aliphatic rings. The predicted molar refractivity (Wildman–Crippen MR) is 139 cm³/mol. The second-order valence-corrected chi connectivity index (χ2v) is 9.83. The lowest BCUT2D eigenvalue weighted by Gasteiger charge is -2.26. The SMILES string of the molecule is Cc1cc(COc2ccc(Cl)cc2CNc2cc(Cl)nc3c2ncn3[C@H](O)[C@H](O)C(C=O)C(C)C)on1. The molecule has 37 heavy (non-hydrogen) atoms. The van der Waals surface area contributed by atoms with Crippen molar-refractivity contribution in [1.82, 2.24) is 19.7 Å². The summed E-state index contributed by atoms with van der Waals surface area (Å²) >= 11 is 12.5. The maximum atomic E-state index is 11.5. The fourth-order valence-corrected chi connectivity index (χ4v) is 4.33. The lowest BCUT2D eigenvalue weighted by molar-refractivity contribution is -0.123. The topological polar surface area (TPSA) is 136 Å². The van der Waals surface area contributed by atoms with E-state index >= 15 is 0 Å². The van der Waals surface area contributed by atoms with E-state index in [1.165, 1.54) is 10.9 Å². The van der Waals surface area contributed by atoms with Crippen LogP contribution in [-0.2, 0) is 17.9 Å². The number of aliphatic hydroxyl groups excluding tert-OH is 2. The van der Waals surface area contributed by atoms with Crippen LogP contribution in [0, 0.1) is 18.8 Å². The van der Waals surface area contributed by atoms with Crippen molar-refractivity contribution < 1.29 is 24.3 Å². The highest BCUT2D eigenvalue weighted by Crippen LogP contribution is 2.31. The number of nitrogens with zero attached hydrogens (tertiary/aromatic N) is 4.